The lowest BCUT2D eigenvalue weighted by atomic mass is 10.0. The molecule has 1 aromatic carbocycles. The van der Waals surface area contributed by atoms with E-state index in [1.54, 1.807) is 6.08 Å². The first-order chi connectivity index (χ1) is 8.52. The van der Waals surface area contributed by atoms with Crippen LogP contribution < -0.4 is 5.32 Å². The lowest BCUT2D eigenvalue weighted by Crippen LogP contribution is -2.30. The standard InChI is InChI=1S/C16H23NO/c1-5-13(4)17-16(18)11-8-14-6-9-15(10-7-14)12(2)3/h6-13H,5H2,1-4H3,(H,17,18). The summed E-state index contributed by atoms with van der Waals surface area (Å²) >= 11 is 0. The summed E-state index contributed by atoms with van der Waals surface area (Å²) in [5.41, 5.74) is 2.37. The zero-order valence-corrected chi connectivity index (χ0v) is 11.7. The van der Waals surface area contributed by atoms with Gasteiger partial charge < -0.3 is 5.32 Å². The van der Waals surface area contributed by atoms with Crippen molar-refractivity contribution in [3.05, 3.63) is 41.5 Å². The lowest BCUT2D eigenvalue weighted by Gasteiger charge is -2.08. The Morgan fingerprint density at radius 2 is 1.83 bits per heavy atom. The summed E-state index contributed by atoms with van der Waals surface area (Å²) in [5.74, 6) is 0.508. The second-order valence-electron chi connectivity index (χ2n) is 4.97. The fourth-order valence-corrected chi connectivity index (χ4v) is 1.56. The van der Waals surface area contributed by atoms with Crippen LogP contribution in [0.5, 0.6) is 0 Å². The molecule has 0 fully saturated rings. The molecule has 2 nitrogen and oxygen atoms in total. The maximum absolute atomic E-state index is 11.6. The third-order valence-corrected chi connectivity index (χ3v) is 3.03. The molecule has 0 bridgehead atoms. The molecule has 1 atom stereocenters. The van der Waals surface area contributed by atoms with Crippen molar-refractivity contribution in [3.8, 4) is 0 Å². The molecule has 0 radical (unpaired) electrons. The van der Waals surface area contributed by atoms with Gasteiger partial charge in [0.25, 0.3) is 0 Å². The van der Waals surface area contributed by atoms with E-state index in [2.05, 4.69) is 38.2 Å². The topological polar surface area (TPSA) is 29.1 Å². The molecule has 1 aromatic rings. The first-order valence-electron chi connectivity index (χ1n) is 6.61. The summed E-state index contributed by atoms with van der Waals surface area (Å²) in [4.78, 5) is 11.6. The van der Waals surface area contributed by atoms with Crippen molar-refractivity contribution >= 4 is 12.0 Å². The summed E-state index contributed by atoms with van der Waals surface area (Å²) in [7, 11) is 0. The minimum absolute atomic E-state index is 0.0303. The molecule has 0 spiro atoms. The average Bonchev–Trinajstić information content (AvgIpc) is 2.36. The molecule has 1 N–H and O–H groups in total. The van der Waals surface area contributed by atoms with Gasteiger partial charge in [0.15, 0.2) is 0 Å². The van der Waals surface area contributed by atoms with E-state index in [0.717, 1.165) is 12.0 Å². The quantitative estimate of drug-likeness (QED) is 0.787. The second kappa shape index (κ2) is 7.00. The van der Waals surface area contributed by atoms with Gasteiger partial charge in [0.05, 0.1) is 0 Å². The van der Waals surface area contributed by atoms with Crippen LogP contribution in [0.15, 0.2) is 30.3 Å². The number of hydrogen-bond acceptors (Lipinski definition) is 1. The summed E-state index contributed by atoms with van der Waals surface area (Å²) in [6, 6.07) is 8.53. The SMILES string of the molecule is CCC(C)NC(=O)C=Cc1ccc(C(C)C)cc1. The van der Waals surface area contributed by atoms with E-state index in [4.69, 9.17) is 0 Å². The van der Waals surface area contributed by atoms with Crippen LogP contribution >= 0.6 is 0 Å². The largest absolute Gasteiger partial charge is 0.350 e. The molecular formula is C16H23NO. The van der Waals surface area contributed by atoms with Crippen molar-refractivity contribution < 1.29 is 4.79 Å². The Kier molecular flexibility index (Phi) is 5.63. The summed E-state index contributed by atoms with van der Waals surface area (Å²) < 4.78 is 0. The zero-order valence-electron chi connectivity index (χ0n) is 11.7. The smallest absolute Gasteiger partial charge is 0.244 e. The van der Waals surface area contributed by atoms with Crippen LogP contribution in [0.3, 0.4) is 0 Å². The van der Waals surface area contributed by atoms with Crippen molar-refractivity contribution in [1.82, 2.24) is 5.32 Å². The molecule has 1 rings (SSSR count). The number of nitrogens with one attached hydrogen (secondary N) is 1. The Hall–Kier alpha value is -1.57. The predicted molar refractivity (Wildman–Crippen MR) is 77.5 cm³/mol. The average molecular weight is 245 g/mol. The van der Waals surface area contributed by atoms with Crippen LogP contribution in [0.25, 0.3) is 6.08 Å². The molecule has 1 amide bonds. The van der Waals surface area contributed by atoms with Crippen molar-refractivity contribution in [1.29, 1.82) is 0 Å². The van der Waals surface area contributed by atoms with E-state index in [-0.39, 0.29) is 11.9 Å². The van der Waals surface area contributed by atoms with Gasteiger partial charge in [-0.2, -0.15) is 0 Å². The highest BCUT2D eigenvalue weighted by Gasteiger charge is 2.01. The number of carbonyl (C=O) groups excluding carboxylic acids is 1. The van der Waals surface area contributed by atoms with Crippen molar-refractivity contribution in [2.24, 2.45) is 0 Å². The first kappa shape index (κ1) is 14.5. The maximum Gasteiger partial charge on any atom is 0.244 e. The number of benzene rings is 1. The van der Waals surface area contributed by atoms with Crippen LogP contribution in [0, 0.1) is 0 Å². The molecule has 0 aliphatic carbocycles. The van der Waals surface area contributed by atoms with E-state index in [9.17, 15) is 4.79 Å². The highest BCUT2D eigenvalue weighted by atomic mass is 16.1. The van der Waals surface area contributed by atoms with Crippen molar-refractivity contribution in [2.75, 3.05) is 0 Å². The minimum atomic E-state index is -0.0303. The number of amides is 1. The van der Waals surface area contributed by atoms with Crippen LogP contribution in [-0.4, -0.2) is 11.9 Å². The molecule has 2 heteroatoms. The number of carbonyl (C=O) groups is 1. The molecule has 0 aliphatic heterocycles. The van der Waals surface area contributed by atoms with E-state index in [1.807, 2.05) is 25.1 Å². The van der Waals surface area contributed by atoms with Gasteiger partial charge in [-0.05, 0) is 36.5 Å². The van der Waals surface area contributed by atoms with Gasteiger partial charge in [-0.15, -0.1) is 0 Å². The number of rotatable bonds is 5. The molecule has 0 heterocycles. The van der Waals surface area contributed by atoms with Crippen LogP contribution in [0.2, 0.25) is 0 Å². The van der Waals surface area contributed by atoms with Gasteiger partial charge in [-0.3, -0.25) is 4.79 Å². The van der Waals surface area contributed by atoms with Crippen LogP contribution in [0.4, 0.5) is 0 Å². The predicted octanol–water partition coefficient (Wildman–Crippen LogP) is 3.74. The fraction of sp³-hybridized carbons (Fsp3) is 0.438. The van der Waals surface area contributed by atoms with E-state index >= 15 is 0 Å². The summed E-state index contributed by atoms with van der Waals surface area (Å²) in [6.07, 6.45) is 4.39. The molecule has 0 aliphatic rings. The van der Waals surface area contributed by atoms with E-state index < -0.39 is 0 Å². The molecular weight excluding hydrogens is 222 g/mol. The summed E-state index contributed by atoms with van der Waals surface area (Å²) in [6.45, 7) is 8.40. The van der Waals surface area contributed by atoms with Gasteiger partial charge in [0.1, 0.15) is 0 Å². The van der Waals surface area contributed by atoms with Gasteiger partial charge in [-0.1, -0.05) is 45.0 Å². The Balaban J connectivity index is 2.59. The minimum Gasteiger partial charge on any atom is -0.350 e. The highest BCUT2D eigenvalue weighted by Crippen LogP contribution is 2.15. The lowest BCUT2D eigenvalue weighted by molar-refractivity contribution is -0.117. The molecule has 0 saturated heterocycles. The van der Waals surface area contributed by atoms with Crippen molar-refractivity contribution in [3.63, 3.8) is 0 Å². The van der Waals surface area contributed by atoms with Gasteiger partial charge in [0.2, 0.25) is 5.91 Å². The first-order valence-corrected chi connectivity index (χ1v) is 6.61. The molecule has 18 heavy (non-hydrogen) atoms. The van der Waals surface area contributed by atoms with Gasteiger partial charge in [0, 0.05) is 12.1 Å². The van der Waals surface area contributed by atoms with E-state index in [1.165, 1.54) is 5.56 Å². The van der Waals surface area contributed by atoms with E-state index in [0.29, 0.717) is 5.92 Å². The van der Waals surface area contributed by atoms with Gasteiger partial charge >= 0.3 is 0 Å². The monoisotopic (exact) mass is 245 g/mol. The molecule has 0 saturated carbocycles. The Morgan fingerprint density at radius 1 is 1.22 bits per heavy atom. The second-order valence-corrected chi connectivity index (χ2v) is 4.97. The van der Waals surface area contributed by atoms with Gasteiger partial charge in [-0.25, -0.2) is 0 Å². The molecule has 0 aromatic heterocycles. The molecule has 1 unspecified atom stereocenters. The molecule has 98 valence electrons. The zero-order chi connectivity index (χ0) is 13.5. The van der Waals surface area contributed by atoms with Crippen LogP contribution in [-0.2, 0) is 4.79 Å². The normalized spacial score (nSPS) is 12.9. The summed E-state index contributed by atoms with van der Waals surface area (Å²) in [5, 5.41) is 2.90. The Bertz CT molecular complexity index is 404. The third kappa shape index (κ3) is 4.74. The van der Waals surface area contributed by atoms with Crippen molar-refractivity contribution in [2.45, 2.75) is 46.1 Å². The van der Waals surface area contributed by atoms with Crippen LogP contribution in [0.1, 0.15) is 51.2 Å². The Labute approximate surface area is 110 Å². The highest BCUT2D eigenvalue weighted by molar-refractivity contribution is 5.91. The third-order valence-electron chi connectivity index (χ3n) is 3.03. The number of hydrogen-bond donors (Lipinski definition) is 1. The Morgan fingerprint density at radius 3 is 2.33 bits per heavy atom. The maximum atomic E-state index is 11.6. The fourth-order valence-electron chi connectivity index (χ4n) is 1.56.